The second kappa shape index (κ2) is 7.25. The van der Waals surface area contributed by atoms with Gasteiger partial charge in [0.1, 0.15) is 0 Å². The number of hydrogen-bond acceptors (Lipinski definition) is 2. The number of carbonyl (C=O) groups is 2. The highest BCUT2D eigenvalue weighted by Gasteiger charge is 2.22. The van der Waals surface area contributed by atoms with Crippen molar-refractivity contribution in [2.45, 2.75) is 40.5 Å². The van der Waals surface area contributed by atoms with Crippen molar-refractivity contribution in [3.63, 3.8) is 0 Å². The van der Waals surface area contributed by atoms with Crippen LogP contribution in [-0.2, 0) is 9.59 Å². The number of carboxylic acids is 1. The average molecular weight is 229 g/mol. The van der Waals surface area contributed by atoms with Crippen molar-refractivity contribution in [3.05, 3.63) is 0 Å². The Morgan fingerprint density at radius 2 is 1.81 bits per heavy atom. The average Bonchev–Trinajstić information content (AvgIpc) is 2.16. The predicted octanol–water partition coefficient (Wildman–Crippen LogP) is 1.90. The van der Waals surface area contributed by atoms with E-state index in [-0.39, 0.29) is 24.3 Å². The van der Waals surface area contributed by atoms with Crippen LogP contribution in [0, 0.1) is 17.8 Å². The third-order valence-corrected chi connectivity index (χ3v) is 2.79. The van der Waals surface area contributed by atoms with Crippen molar-refractivity contribution < 1.29 is 14.7 Å². The third kappa shape index (κ3) is 5.14. The van der Waals surface area contributed by atoms with E-state index in [0.29, 0.717) is 0 Å². The van der Waals surface area contributed by atoms with Gasteiger partial charge in [-0.05, 0) is 12.3 Å². The van der Waals surface area contributed by atoms with E-state index in [0.717, 1.165) is 12.8 Å². The van der Waals surface area contributed by atoms with Gasteiger partial charge in [0, 0.05) is 12.5 Å². The second-order valence-corrected chi connectivity index (χ2v) is 4.62. The zero-order valence-electron chi connectivity index (χ0n) is 10.6. The summed E-state index contributed by atoms with van der Waals surface area (Å²) in [7, 11) is 0. The summed E-state index contributed by atoms with van der Waals surface area (Å²) in [4.78, 5) is 22.5. The SMILES string of the molecule is CCCC(C)C(=O)NCC(C(=O)O)C(C)C. The molecule has 0 spiro atoms. The van der Waals surface area contributed by atoms with Gasteiger partial charge in [-0.25, -0.2) is 0 Å². The van der Waals surface area contributed by atoms with Gasteiger partial charge in [0.2, 0.25) is 5.91 Å². The van der Waals surface area contributed by atoms with Gasteiger partial charge in [-0.1, -0.05) is 34.1 Å². The summed E-state index contributed by atoms with van der Waals surface area (Å²) < 4.78 is 0. The van der Waals surface area contributed by atoms with Gasteiger partial charge in [-0.15, -0.1) is 0 Å². The standard InChI is InChI=1S/C12H23NO3/c1-5-6-9(4)11(14)13-7-10(8(2)3)12(15)16/h8-10H,5-7H2,1-4H3,(H,13,14)(H,15,16). The molecule has 0 heterocycles. The molecular weight excluding hydrogens is 206 g/mol. The zero-order valence-corrected chi connectivity index (χ0v) is 10.6. The Labute approximate surface area is 97.4 Å². The monoisotopic (exact) mass is 229 g/mol. The molecule has 0 aromatic rings. The third-order valence-electron chi connectivity index (χ3n) is 2.79. The summed E-state index contributed by atoms with van der Waals surface area (Å²) in [5.74, 6) is -1.41. The van der Waals surface area contributed by atoms with E-state index < -0.39 is 11.9 Å². The lowest BCUT2D eigenvalue weighted by Gasteiger charge is -2.18. The number of nitrogens with one attached hydrogen (secondary N) is 1. The molecule has 2 N–H and O–H groups in total. The highest BCUT2D eigenvalue weighted by molar-refractivity contribution is 5.79. The fourth-order valence-corrected chi connectivity index (χ4v) is 1.56. The number of carboxylic acid groups (broad SMARTS) is 1. The summed E-state index contributed by atoms with van der Waals surface area (Å²) in [6, 6.07) is 0. The molecule has 0 fully saturated rings. The van der Waals surface area contributed by atoms with E-state index in [1.165, 1.54) is 0 Å². The molecule has 0 aliphatic rings. The van der Waals surface area contributed by atoms with Crippen LogP contribution in [0.25, 0.3) is 0 Å². The van der Waals surface area contributed by atoms with Crippen LogP contribution in [0.3, 0.4) is 0 Å². The molecule has 2 unspecified atom stereocenters. The smallest absolute Gasteiger partial charge is 0.308 e. The van der Waals surface area contributed by atoms with Crippen LogP contribution in [0.15, 0.2) is 0 Å². The highest BCUT2D eigenvalue weighted by atomic mass is 16.4. The highest BCUT2D eigenvalue weighted by Crippen LogP contribution is 2.11. The Hall–Kier alpha value is -1.06. The van der Waals surface area contributed by atoms with Gasteiger partial charge in [0.15, 0.2) is 0 Å². The molecular formula is C12H23NO3. The predicted molar refractivity (Wildman–Crippen MR) is 63.0 cm³/mol. The first-order valence-corrected chi connectivity index (χ1v) is 5.90. The van der Waals surface area contributed by atoms with E-state index in [9.17, 15) is 9.59 Å². The fourth-order valence-electron chi connectivity index (χ4n) is 1.56. The van der Waals surface area contributed by atoms with Gasteiger partial charge < -0.3 is 10.4 Å². The molecule has 0 radical (unpaired) electrons. The van der Waals surface area contributed by atoms with E-state index >= 15 is 0 Å². The zero-order chi connectivity index (χ0) is 12.7. The Balaban J connectivity index is 4.11. The number of rotatable bonds is 7. The molecule has 2 atom stereocenters. The van der Waals surface area contributed by atoms with Crippen molar-refractivity contribution in [3.8, 4) is 0 Å². The first-order valence-electron chi connectivity index (χ1n) is 5.90. The molecule has 0 saturated carbocycles. The van der Waals surface area contributed by atoms with E-state index in [1.807, 2.05) is 27.7 Å². The van der Waals surface area contributed by atoms with Crippen LogP contribution in [-0.4, -0.2) is 23.5 Å². The Kier molecular flexibility index (Phi) is 6.77. The molecule has 0 aromatic carbocycles. The van der Waals surface area contributed by atoms with E-state index in [4.69, 9.17) is 5.11 Å². The first-order chi connectivity index (χ1) is 7.40. The summed E-state index contributed by atoms with van der Waals surface area (Å²) in [5, 5.41) is 11.7. The lowest BCUT2D eigenvalue weighted by atomic mass is 9.95. The molecule has 4 nitrogen and oxygen atoms in total. The Morgan fingerprint density at radius 1 is 1.25 bits per heavy atom. The van der Waals surface area contributed by atoms with E-state index in [2.05, 4.69) is 5.32 Å². The van der Waals surface area contributed by atoms with Crippen molar-refractivity contribution in [2.24, 2.45) is 17.8 Å². The number of amides is 1. The molecule has 1 amide bonds. The molecule has 0 aliphatic carbocycles. The summed E-state index contributed by atoms with van der Waals surface area (Å²) in [5.41, 5.74) is 0. The largest absolute Gasteiger partial charge is 0.481 e. The topological polar surface area (TPSA) is 66.4 Å². The van der Waals surface area contributed by atoms with Crippen molar-refractivity contribution in [2.75, 3.05) is 6.54 Å². The molecule has 4 heteroatoms. The Bertz CT molecular complexity index is 238. The van der Waals surface area contributed by atoms with Gasteiger partial charge >= 0.3 is 5.97 Å². The van der Waals surface area contributed by atoms with Crippen LogP contribution in [0.4, 0.5) is 0 Å². The van der Waals surface area contributed by atoms with Crippen LogP contribution in [0.1, 0.15) is 40.5 Å². The second-order valence-electron chi connectivity index (χ2n) is 4.62. The lowest BCUT2D eigenvalue weighted by molar-refractivity contribution is -0.143. The van der Waals surface area contributed by atoms with E-state index in [1.54, 1.807) is 0 Å². The van der Waals surface area contributed by atoms with Crippen LogP contribution in [0.5, 0.6) is 0 Å². The maximum absolute atomic E-state index is 11.6. The van der Waals surface area contributed by atoms with Gasteiger partial charge in [0.25, 0.3) is 0 Å². The first kappa shape index (κ1) is 14.9. The molecule has 0 saturated heterocycles. The molecule has 0 rings (SSSR count). The summed E-state index contributed by atoms with van der Waals surface area (Å²) >= 11 is 0. The minimum absolute atomic E-state index is 0.0271. The maximum Gasteiger partial charge on any atom is 0.308 e. The van der Waals surface area contributed by atoms with Crippen molar-refractivity contribution >= 4 is 11.9 Å². The van der Waals surface area contributed by atoms with Gasteiger partial charge in [-0.2, -0.15) is 0 Å². The number of hydrogen-bond donors (Lipinski definition) is 2. The van der Waals surface area contributed by atoms with Gasteiger partial charge in [0.05, 0.1) is 5.92 Å². The molecule has 94 valence electrons. The molecule has 0 aliphatic heterocycles. The van der Waals surface area contributed by atoms with Crippen molar-refractivity contribution in [1.29, 1.82) is 0 Å². The maximum atomic E-state index is 11.6. The molecule has 0 aromatic heterocycles. The summed E-state index contributed by atoms with van der Waals surface area (Å²) in [6.45, 7) is 7.81. The normalized spacial score (nSPS) is 14.6. The number of aliphatic carboxylic acids is 1. The van der Waals surface area contributed by atoms with Crippen molar-refractivity contribution in [1.82, 2.24) is 5.32 Å². The van der Waals surface area contributed by atoms with Crippen LogP contribution in [0.2, 0.25) is 0 Å². The molecule has 16 heavy (non-hydrogen) atoms. The van der Waals surface area contributed by atoms with Crippen LogP contribution < -0.4 is 5.32 Å². The lowest BCUT2D eigenvalue weighted by Crippen LogP contribution is -2.37. The van der Waals surface area contributed by atoms with Gasteiger partial charge in [-0.3, -0.25) is 9.59 Å². The fraction of sp³-hybridized carbons (Fsp3) is 0.833. The quantitative estimate of drug-likeness (QED) is 0.700. The minimum atomic E-state index is -0.849. The summed E-state index contributed by atoms with van der Waals surface area (Å²) in [6.07, 6.45) is 1.80. The molecule has 0 bridgehead atoms. The number of carbonyl (C=O) groups excluding carboxylic acids is 1. The Morgan fingerprint density at radius 3 is 2.19 bits per heavy atom. The minimum Gasteiger partial charge on any atom is -0.481 e. The van der Waals surface area contributed by atoms with Crippen LogP contribution >= 0.6 is 0 Å².